The Hall–Kier alpha value is -1.24. The molecule has 0 saturated heterocycles. The van der Waals surface area contributed by atoms with Gasteiger partial charge in [-0.1, -0.05) is 11.6 Å². The Bertz CT molecular complexity index is 408. The lowest BCUT2D eigenvalue weighted by Gasteiger charge is -2.22. The van der Waals surface area contributed by atoms with E-state index in [2.05, 4.69) is 9.97 Å². The summed E-state index contributed by atoms with van der Waals surface area (Å²) in [5.74, 6) is -0.223. The maximum Gasteiger partial charge on any atom is 0.274 e. The van der Waals surface area contributed by atoms with Gasteiger partial charge in [0.15, 0.2) is 0 Å². The van der Waals surface area contributed by atoms with Crippen LogP contribution in [-0.2, 0) is 9.47 Å². The van der Waals surface area contributed by atoms with Gasteiger partial charge in [-0.2, -0.15) is 0 Å². The summed E-state index contributed by atoms with van der Waals surface area (Å²) in [7, 11) is 0. The van der Waals surface area contributed by atoms with Crippen LogP contribution < -0.4 is 0 Å². The van der Waals surface area contributed by atoms with Gasteiger partial charge >= 0.3 is 0 Å². The van der Waals surface area contributed by atoms with Crippen LogP contribution in [0.5, 0.6) is 0 Å². The molecule has 1 rings (SSSR count). The third-order valence-electron chi connectivity index (χ3n) is 2.53. The van der Waals surface area contributed by atoms with E-state index in [1.54, 1.807) is 4.90 Å². The molecule has 0 fully saturated rings. The summed E-state index contributed by atoms with van der Waals surface area (Å²) >= 11 is 5.75. The highest BCUT2D eigenvalue weighted by Crippen LogP contribution is 2.06. The number of aromatic nitrogens is 2. The van der Waals surface area contributed by atoms with Crippen LogP contribution in [-0.4, -0.2) is 60.3 Å². The number of amides is 1. The molecule has 1 heterocycles. The molecular weight excluding hydrogens is 282 g/mol. The van der Waals surface area contributed by atoms with Gasteiger partial charge in [0.1, 0.15) is 10.8 Å². The molecule has 0 atom stereocenters. The second kappa shape index (κ2) is 9.63. The van der Waals surface area contributed by atoms with Gasteiger partial charge in [0.25, 0.3) is 5.91 Å². The molecule has 0 bridgehead atoms. The average molecular weight is 302 g/mol. The molecule has 0 aliphatic carbocycles. The van der Waals surface area contributed by atoms with Gasteiger partial charge in [-0.25, -0.2) is 4.98 Å². The molecule has 0 radical (unpaired) electrons. The first kappa shape index (κ1) is 16.8. The topological polar surface area (TPSA) is 64.6 Å². The number of halogens is 1. The lowest BCUT2D eigenvalue weighted by molar-refractivity contribution is 0.0545. The molecular formula is C13H20ClN3O3. The minimum Gasteiger partial charge on any atom is -0.380 e. The van der Waals surface area contributed by atoms with Crippen LogP contribution in [0.2, 0.25) is 5.15 Å². The number of hydrogen-bond acceptors (Lipinski definition) is 5. The highest BCUT2D eigenvalue weighted by atomic mass is 35.5. The van der Waals surface area contributed by atoms with Gasteiger partial charge in [-0.05, 0) is 13.8 Å². The predicted molar refractivity (Wildman–Crippen MR) is 75.9 cm³/mol. The Labute approximate surface area is 124 Å². The lowest BCUT2D eigenvalue weighted by Crippen LogP contribution is -2.37. The first-order chi connectivity index (χ1) is 9.69. The Morgan fingerprint density at radius 1 is 1.20 bits per heavy atom. The number of carbonyl (C=O) groups is 1. The number of rotatable bonds is 9. The number of hydrogen-bond donors (Lipinski definition) is 0. The number of ether oxygens (including phenoxy) is 2. The quantitative estimate of drug-likeness (QED) is 0.649. The normalized spacial score (nSPS) is 10.6. The van der Waals surface area contributed by atoms with E-state index in [1.165, 1.54) is 12.4 Å². The molecule has 0 saturated carbocycles. The van der Waals surface area contributed by atoms with Gasteiger partial charge in [0, 0.05) is 26.3 Å². The zero-order valence-electron chi connectivity index (χ0n) is 11.8. The summed E-state index contributed by atoms with van der Waals surface area (Å²) < 4.78 is 10.6. The summed E-state index contributed by atoms with van der Waals surface area (Å²) in [6.45, 7) is 6.96. The van der Waals surface area contributed by atoms with E-state index < -0.39 is 0 Å². The Kier molecular flexibility index (Phi) is 8.10. The van der Waals surface area contributed by atoms with E-state index in [9.17, 15) is 4.79 Å². The molecule has 0 aromatic carbocycles. The second-order valence-corrected chi connectivity index (χ2v) is 4.30. The minimum absolute atomic E-state index is 0.199. The van der Waals surface area contributed by atoms with Gasteiger partial charge in [-0.3, -0.25) is 9.78 Å². The molecule has 112 valence electrons. The third-order valence-corrected chi connectivity index (χ3v) is 2.71. The van der Waals surface area contributed by atoms with Crippen molar-refractivity contribution >= 4 is 17.5 Å². The Morgan fingerprint density at radius 3 is 2.30 bits per heavy atom. The summed E-state index contributed by atoms with van der Waals surface area (Å²) in [5, 5.41) is 0.199. The maximum absolute atomic E-state index is 12.3. The minimum atomic E-state index is -0.223. The van der Waals surface area contributed by atoms with Gasteiger partial charge in [-0.15, -0.1) is 0 Å². The van der Waals surface area contributed by atoms with Crippen LogP contribution in [0.1, 0.15) is 24.3 Å². The van der Waals surface area contributed by atoms with Crippen LogP contribution in [0, 0.1) is 0 Å². The van der Waals surface area contributed by atoms with Crippen molar-refractivity contribution in [2.75, 3.05) is 39.5 Å². The molecule has 7 heteroatoms. The van der Waals surface area contributed by atoms with Crippen molar-refractivity contribution in [1.29, 1.82) is 0 Å². The SMILES string of the molecule is CCOCCN(CCOCC)C(=O)c1cncc(Cl)n1. The Balaban J connectivity index is 2.66. The van der Waals surface area contributed by atoms with Crippen molar-refractivity contribution < 1.29 is 14.3 Å². The molecule has 0 N–H and O–H groups in total. The molecule has 0 aliphatic heterocycles. The van der Waals surface area contributed by atoms with Crippen molar-refractivity contribution in [3.05, 3.63) is 23.2 Å². The number of carbonyl (C=O) groups excluding carboxylic acids is 1. The van der Waals surface area contributed by atoms with Crippen molar-refractivity contribution in [2.24, 2.45) is 0 Å². The first-order valence-electron chi connectivity index (χ1n) is 6.61. The van der Waals surface area contributed by atoms with Crippen LogP contribution in [0.4, 0.5) is 0 Å². The van der Waals surface area contributed by atoms with Crippen LogP contribution in [0.25, 0.3) is 0 Å². The molecule has 1 amide bonds. The zero-order chi connectivity index (χ0) is 14.8. The maximum atomic E-state index is 12.3. The first-order valence-corrected chi connectivity index (χ1v) is 6.99. The summed E-state index contributed by atoms with van der Waals surface area (Å²) in [6.07, 6.45) is 2.80. The van der Waals surface area contributed by atoms with Crippen LogP contribution in [0.15, 0.2) is 12.4 Å². The molecule has 1 aromatic heterocycles. The van der Waals surface area contributed by atoms with Crippen molar-refractivity contribution in [3.63, 3.8) is 0 Å². The fraction of sp³-hybridized carbons (Fsp3) is 0.615. The zero-order valence-corrected chi connectivity index (χ0v) is 12.6. The Morgan fingerprint density at radius 2 is 1.80 bits per heavy atom. The lowest BCUT2D eigenvalue weighted by atomic mass is 10.3. The van der Waals surface area contributed by atoms with E-state index in [0.717, 1.165) is 0 Å². The molecule has 0 aliphatic rings. The monoisotopic (exact) mass is 301 g/mol. The van der Waals surface area contributed by atoms with Crippen LogP contribution >= 0.6 is 11.6 Å². The van der Waals surface area contributed by atoms with E-state index in [4.69, 9.17) is 21.1 Å². The molecule has 6 nitrogen and oxygen atoms in total. The number of nitrogens with zero attached hydrogens (tertiary/aromatic N) is 3. The summed E-state index contributed by atoms with van der Waals surface area (Å²) in [5.41, 5.74) is 0.227. The molecule has 1 aromatic rings. The third kappa shape index (κ3) is 5.81. The molecule has 20 heavy (non-hydrogen) atoms. The van der Waals surface area contributed by atoms with Gasteiger partial charge < -0.3 is 14.4 Å². The average Bonchev–Trinajstić information content (AvgIpc) is 2.45. The van der Waals surface area contributed by atoms with E-state index >= 15 is 0 Å². The summed E-state index contributed by atoms with van der Waals surface area (Å²) in [6, 6.07) is 0. The van der Waals surface area contributed by atoms with Gasteiger partial charge in [0.05, 0.1) is 25.6 Å². The van der Waals surface area contributed by atoms with E-state index in [1.807, 2.05) is 13.8 Å². The fourth-order valence-electron chi connectivity index (χ4n) is 1.56. The summed E-state index contributed by atoms with van der Waals surface area (Å²) in [4.78, 5) is 21.8. The fourth-order valence-corrected chi connectivity index (χ4v) is 1.71. The van der Waals surface area contributed by atoms with Crippen LogP contribution in [0.3, 0.4) is 0 Å². The van der Waals surface area contributed by atoms with Crippen molar-refractivity contribution in [2.45, 2.75) is 13.8 Å². The highest BCUT2D eigenvalue weighted by Gasteiger charge is 2.17. The van der Waals surface area contributed by atoms with E-state index in [-0.39, 0.29) is 16.8 Å². The largest absolute Gasteiger partial charge is 0.380 e. The second-order valence-electron chi connectivity index (χ2n) is 3.91. The highest BCUT2D eigenvalue weighted by molar-refractivity contribution is 6.29. The van der Waals surface area contributed by atoms with Gasteiger partial charge in [0.2, 0.25) is 0 Å². The van der Waals surface area contributed by atoms with Crippen molar-refractivity contribution in [3.8, 4) is 0 Å². The van der Waals surface area contributed by atoms with E-state index in [0.29, 0.717) is 39.5 Å². The molecule has 0 spiro atoms. The molecule has 0 unspecified atom stereocenters. The smallest absolute Gasteiger partial charge is 0.274 e. The standard InChI is InChI=1S/C13H20ClN3O3/c1-3-19-7-5-17(6-8-20-4-2)13(18)11-9-15-10-12(14)16-11/h9-10H,3-8H2,1-2H3. The van der Waals surface area contributed by atoms with Crippen molar-refractivity contribution in [1.82, 2.24) is 14.9 Å². The predicted octanol–water partition coefficient (Wildman–Crippen LogP) is 1.65.